The molecule has 1 N–H and O–H groups in total. The van der Waals surface area contributed by atoms with Crippen LogP contribution in [0.2, 0.25) is 0 Å². The van der Waals surface area contributed by atoms with Gasteiger partial charge in [0.05, 0.1) is 4.90 Å². The van der Waals surface area contributed by atoms with Crippen LogP contribution in [0.5, 0.6) is 0 Å². The van der Waals surface area contributed by atoms with Crippen LogP contribution in [0, 0.1) is 6.92 Å². The normalized spacial score (nSPS) is 15.2. The first kappa shape index (κ1) is 17.6. The summed E-state index contributed by atoms with van der Waals surface area (Å²) < 4.78 is 26.5. The molecular formula is C19H22N2O3S. The van der Waals surface area contributed by atoms with E-state index in [-0.39, 0.29) is 10.8 Å². The van der Waals surface area contributed by atoms with Gasteiger partial charge in [-0.3, -0.25) is 4.79 Å². The van der Waals surface area contributed by atoms with Crippen LogP contribution in [-0.2, 0) is 16.6 Å². The van der Waals surface area contributed by atoms with Crippen molar-refractivity contribution in [2.24, 2.45) is 0 Å². The predicted molar refractivity (Wildman–Crippen MR) is 96.8 cm³/mol. The van der Waals surface area contributed by atoms with Crippen LogP contribution >= 0.6 is 0 Å². The van der Waals surface area contributed by atoms with Crippen LogP contribution in [0.15, 0.2) is 53.4 Å². The highest BCUT2D eigenvalue weighted by molar-refractivity contribution is 7.89. The Bertz CT molecular complexity index is 854. The van der Waals surface area contributed by atoms with Gasteiger partial charge in [-0.1, -0.05) is 29.8 Å². The van der Waals surface area contributed by atoms with Crippen molar-refractivity contribution in [2.45, 2.75) is 31.2 Å². The predicted octanol–water partition coefficient (Wildman–Crippen LogP) is 2.71. The largest absolute Gasteiger partial charge is 0.348 e. The second-order valence-corrected chi connectivity index (χ2v) is 8.25. The minimum Gasteiger partial charge on any atom is -0.348 e. The van der Waals surface area contributed by atoms with Crippen LogP contribution in [0.1, 0.15) is 34.3 Å². The zero-order chi connectivity index (χ0) is 17.9. The second kappa shape index (κ2) is 7.37. The minimum absolute atomic E-state index is 0.216. The Kier molecular flexibility index (Phi) is 5.20. The molecule has 3 rings (SSSR count). The number of benzene rings is 2. The lowest BCUT2D eigenvalue weighted by Crippen LogP contribution is -2.28. The molecule has 25 heavy (non-hydrogen) atoms. The summed E-state index contributed by atoms with van der Waals surface area (Å²) in [5.41, 5.74) is 2.62. The molecule has 132 valence electrons. The first-order valence-electron chi connectivity index (χ1n) is 8.41. The van der Waals surface area contributed by atoms with Crippen molar-refractivity contribution >= 4 is 15.9 Å². The van der Waals surface area contributed by atoms with Gasteiger partial charge in [0.25, 0.3) is 5.91 Å². The number of hydrogen-bond donors (Lipinski definition) is 1. The molecule has 5 nitrogen and oxygen atoms in total. The molecule has 1 fully saturated rings. The van der Waals surface area contributed by atoms with Crippen molar-refractivity contribution in [1.82, 2.24) is 9.62 Å². The molecule has 2 aromatic rings. The number of aryl methyl sites for hydroxylation is 1. The molecule has 1 heterocycles. The molecule has 2 aromatic carbocycles. The molecule has 0 aromatic heterocycles. The van der Waals surface area contributed by atoms with Crippen molar-refractivity contribution in [3.8, 4) is 0 Å². The smallest absolute Gasteiger partial charge is 0.251 e. The van der Waals surface area contributed by atoms with Crippen LogP contribution < -0.4 is 5.32 Å². The maximum absolute atomic E-state index is 12.5. The van der Waals surface area contributed by atoms with Crippen molar-refractivity contribution in [3.05, 3.63) is 65.2 Å². The lowest BCUT2D eigenvalue weighted by molar-refractivity contribution is 0.0951. The summed E-state index contributed by atoms with van der Waals surface area (Å²) >= 11 is 0. The third-order valence-corrected chi connectivity index (χ3v) is 6.27. The first-order chi connectivity index (χ1) is 12.0. The zero-order valence-electron chi connectivity index (χ0n) is 14.2. The summed E-state index contributed by atoms with van der Waals surface area (Å²) in [6.45, 7) is 3.58. The van der Waals surface area contributed by atoms with Crippen molar-refractivity contribution in [2.75, 3.05) is 13.1 Å². The standard InChI is InChI=1S/C19H22N2O3S/c1-15-5-4-6-16(13-15)14-20-19(22)17-7-9-18(10-8-17)25(23,24)21-11-2-3-12-21/h4-10,13H,2-3,11-12,14H2,1H3,(H,20,22). The Balaban J connectivity index is 1.66. The number of hydrogen-bond acceptors (Lipinski definition) is 3. The van der Waals surface area contributed by atoms with Gasteiger partial charge in [0.1, 0.15) is 0 Å². The number of rotatable bonds is 5. The van der Waals surface area contributed by atoms with E-state index in [0.717, 1.165) is 24.0 Å². The number of carbonyl (C=O) groups is 1. The van der Waals surface area contributed by atoms with Crippen LogP contribution in [0.25, 0.3) is 0 Å². The molecule has 0 unspecified atom stereocenters. The van der Waals surface area contributed by atoms with E-state index < -0.39 is 10.0 Å². The number of amides is 1. The molecule has 1 saturated heterocycles. The molecule has 0 spiro atoms. The molecule has 0 bridgehead atoms. The lowest BCUT2D eigenvalue weighted by Gasteiger charge is -2.15. The summed E-state index contributed by atoms with van der Waals surface area (Å²) in [5, 5.41) is 2.86. The lowest BCUT2D eigenvalue weighted by atomic mass is 10.1. The summed E-state index contributed by atoms with van der Waals surface area (Å²) in [7, 11) is -3.44. The number of carbonyl (C=O) groups excluding carboxylic acids is 1. The first-order valence-corrected chi connectivity index (χ1v) is 9.85. The van der Waals surface area contributed by atoms with Crippen molar-refractivity contribution < 1.29 is 13.2 Å². The Labute approximate surface area is 148 Å². The fraction of sp³-hybridized carbons (Fsp3) is 0.316. The Morgan fingerprint density at radius 2 is 1.76 bits per heavy atom. The summed E-state index contributed by atoms with van der Waals surface area (Å²) in [6.07, 6.45) is 1.80. The molecular weight excluding hydrogens is 336 g/mol. The van der Waals surface area contributed by atoms with E-state index in [2.05, 4.69) is 5.32 Å². The van der Waals surface area contributed by atoms with Gasteiger partial charge in [0.15, 0.2) is 0 Å². The molecule has 0 radical (unpaired) electrons. The maximum atomic E-state index is 12.5. The van der Waals surface area contributed by atoms with E-state index in [0.29, 0.717) is 25.2 Å². The number of sulfonamides is 1. The van der Waals surface area contributed by atoms with E-state index in [9.17, 15) is 13.2 Å². The summed E-state index contributed by atoms with van der Waals surface area (Å²) in [6, 6.07) is 14.1. The highest BCUT2D eigenvalue weighted by Crippen LogP contribution is 2.21. The van der Waals surface area contributed by atoms with Gasteiger partial charge in [-0.2, -0.15) is 4.31 Å². The molecule has 6 heteroatoms. The van der Waals surface area contributed by atoms with Crippen LogP contribution in [0.4, 0.5) is 0 Å². The van der Waals surface area contributed by atoms with Gasteiger partial charge >= 0.3 is 0 Å². The van der Waals surface area contributed by atoms with Gasteiger partial charge < -0.3 is 5.32 Å². The average molecular weight is 358 g/mol. The fourth-order valence-corrected chi connectivity index (χ4v) is 4.48. The number of nitrogens with one attached hydrogen (secondary N) is 1. The maximum Gasteiger partial charge on any atom is 0.251 e. The molecule has 1 aliphatic heterocycles. The third-order valence-electron chi connectivity index (χ3n) is 4.35. The third kappa shape index (κ3) is 4.08. The molecule has 1 aliphatic rings. The highest BCUT2D eigenvalue weighted by atomic mass is 32.2. The van der Waals surface area contributed by atoms with Crippen LogP contribution in [-0.4, -0.2) is 31.7 Å². The van der Waals surface area contributed by atoms with E-state index in [4.69, 9.17) is 0 Å². The van der Waals surface area contributed by atoms with Gasteiger partial charge in [-0.15, -0.1) is 0 Å². The van der Waals surface area contributed by atoms with E-state index in [1.807, 2.05) is 31.2 Å². The molecule has 1 amide bonds. The molecule has 0 saturated carbocycles. The quantitative estimate of drug-likeness (QED) is 0.894. The van der Waals surface area contributed by atoms with Gasteiger partial charge in [-0.25, -0.2) is 8.42 Å². The second-order valence-electron chi connectivity index (χ2n) is 6.31. The van der Waals surface area contributed by atoms with Crippen molar-refractivity contribution in [1.29, 1.82) is 0 Å². The molecule has 0 aliphatic carbocycles. The zero-order valence-corrected chi connectivity index (χ0v) is 15.1. The van der Waals surface area contributed by atoms with E-state index in [1.54, 1.807) is 12.1 Å². The number of nitrogens with zero attached hydrogens (tertiary/aromatic N) is 1. The average Bonchev–Trinajstić information content (AvgIpc) is 3.15. The van der Waals surface area contributed by atoms with Gasteiger partial charge in [-0.05, 0) is 49.6 Å². The molecule has 0 atom stereocenters. The summed E-state index contributed by atoms with van der Waals surface area (Å²) in [4.78, 5) is 12.5. The van der Waals surface area contributed by atoms with Crippen molar-refractivity contribution in [3.63, 3.8) is 0 Å². The SMILES string of the molecule is Cc1cccc(CNC(=O)c2ccc(S(=O)(=O)N3CCCC3)cc2)c1. The topological polar surface area (TPSA) is 66.5 Å². The highest BCUT2D eigenvalue weighted by Gasteiger charge is 2.27. The van der Waals surface area contributed by atoms with E-state index >= 15 is 0 Å². The minimum atomic E-state index is -3.44. The van der Waals surface area contributed by atoms with Gasteiger partial charge in [0.2, 0.25) is 10.0 Å². The summed E-state index contributed by atoms with van der Waals surface area (Å²) in [5.74, 6) is -0.216. The Morgan fingerprint density at radius 3 is 2.40 bits per heavy atom. The Morgan fingerprint density at radius 1 is 1.08 bits per heavy atom. The van der Waals surface area contributed by atoms with Gasteiger partial charge in [0, 0.05) is 25.2 Å². The Hall–Kier alpha value is -2.18. The fourth-order valence-electron chi connectivity index (χ4n) is 2.96. The van der Waals surface area contributed by atoms with E-state index in [1.165, 1.54) is 16.4 Å². The van der Waals surface area contributed by atoms with Crippen LogP contribution in [0.3, 0.4) is 0 Å². The monoisotopic (exact) mass is 358 g/mol.